The Labute approximate surface area is 186 Å². The Hall–Kier alpha value is -3.89. The summed E-state index contributed by atoms with van der Waals surface area (Å²) in [6, 6.07) is 20.3. The molecule has 2 aromatic carbocycles. The van der Waals surface area contributed by atoms with Gasteiger partial charge in [0.05, 0.1) is 31.0 Å². The fourth-order valence-corrected chi connectivity index (χ4v) is 3.38. The first-order valence-electron chi connectivity index (χ1n) is 10.5. The average molecular weight is 428 g/mol. The maximum atomic E-state index is 12.7. The molecule has 1 heterocycles. The highest BCUT2D eigenvalue weighted by Crippen LogP contribution is 2.19. The number of rotatable bonds is 9. The van der Waals surface area contributed by atoms with Crippen molar-refractivity contribution in [2.45, 2.75) is 32.0 Å². The van der Waals surface area contributed by atoms with Gasteiger partial charge in [0.2, 0.25) is 5.91 Å². The summed E-state index contributed by atoms with van der Waals surface area (Å²) in [4.78, 5) is 26.8. The Balaban J connectivity index is 1.41. The van der Waals surface area contributed by atoms with Gasteiger partial charge in [0.1, 0.15) is 5.76 Å². The first kappa shape index (κ1) is 21.3. The maximum Gasteiger partial charge on any atom is 0.251 e. The minimum atomic E-state index is -0.188. The molecule has 7 nitrogen and oxygen atoms in total. The molecule has 1 saturated carbocycles. The van der Waals surface area contributed by atoms with Gasteiger partial charge in [0.15, 0.2) is 0 Å². The van der Waals surface area contributed by atoms with Gasteiger partial charge in [-0.15, -0.1) is 0 Å². The molecule has 0 saturated heterocycles. The van der Waals surface area contributed by atoms with Crippen LogP contribution in [0.3, 0.4) is 0 Å². The summed E-state index contributed by atoms with van der Waals surface area (Å²) >= 11 is 0. The van der Waals surface area contributed by atoms with E-state index in [-0.39, 0.29) is 18.4 Å². The Morgan fingerprint density at radius 1 is 1.06 bits per heavy atom. The van der Waals surface area contributed by atoms with Crippen LogP contribution in [0, 0.1) is 11.3 Å². The van der Waals surface area contributed by atoms with Crippen LogP contribution in [-0.2, 0) is 17.9 Å². The fourth-order valence-electron chi connectivity index (χ4n) is 3.38. The van der Waals surface area contributed by atoms with E-state index in [2.05, 4.69) is 16.7 Å². The predicted molar refractivity (Wildman–Crippen MR) is 120 cm³/mol. The minimum Gasteiger partial charge on any atom is -0.468 e. The predicted octanol–water partition coefficient (Wildman–Crippen LogP) is 3.68. The number of amides is 2. The quantitative estimate of drug-likeness (QED) is 0.542. The van der Waals surface area contributed by atoms with E-state index >= 15 is 0 Å². The van der Waals surface area contributed by atoms with Crippen LogP contribution < -0.4 is 10.6 Å². The third kappa shape index (κ3) is 6.06. The lowest BCUT2D eigenvalue weighted by Gasteiger charge is -2.21. The van der Waals surface area contributed by atoms with Gasteiger partial charge in [-0.1, -0.05) is 18.2 Å². The zero-order chi connectivity index (χ0) is 22.3. The number of hydrogen-bond donors (Lipinski definition) is 2. The number of furan rings is 1. The summed E-state index contributed by atoms with van der Waals surface area (Å²) in [5.41, 5.74) is 2.69. The monoisotopic (exact) mass is 428 g/mol. The molecule has 32 heavy (non-hydrogen) atoms. The molecule has 1 aliphatic carbocycles. The van der Waals surface area contributed by atoms with Crippen molar-refractivity contribution < 1.29 is 14.0 Å². The molecule has 2 N–H and O–H groups in total. The van der Waals surface area contributed by atoms with Gasteiger partial charge in [-0.05, 0) is 60.9 Å². The molecule has 2 amide bonds. The number of carbonyl (C=O) groups is 2. The van der Waals surface area contributed by atoms with Crippen molar-refractivity contribution in [2.24, 2.45) is 0 Å². The minimum absolute atomic E-state index is 0.0505. The first-order valence-corrected chi connectivity index (χ1v) is 10.5. The van der Waals surface area contributed by atoms with Crippen LogP contribution in [0.25, 0.3) is 0 Å². The van der Waals surface area contributed by atoms with Crippen molar-refractivity contribution in [3.63, 3.8) is 0 Å². The average Bonchev–Trinajstić information content (AvgIpc) is 3.46. The Kier molecular flexibility index (Phi) is 6.63. The Morgan fingerprint density at radius 3 is 2.56 bits per heavy atom. The summed E-state index contributed by atoms with van der Waals surface area (Å²) in [6.07, 6.45) is 3.71. The molecule has 0 aliphatic heterocycles. The molecule has 0 atom stereocenters. The van der Waals surface area contributed by atoms with Crippen LogP contribution in [0.2, 0.25) is 0 Å². The summed E-state index contributed by atoms with van der Waals surface area (Å²) in [7, 11) is 0. The van der Waals surface area contributed by atoms with Crippen LogP contribution in [-0.4, -0.2) is 29.3 Å². The van der Waals surface area contributed by atoms with E-state index < -0.39 is 0 Å². The number of anilines is 1. The maximum absolute atomic E-state index is 12.7. The summed E-state index contributed by atoms with van der Waals surface area (Å²) in [5.74, 6) is 0.516. The lowest BCUT2D eigenvalue weighted by molar-refractivity contribution is -0.117. The zero-order valence-corrected chi connectivity index (χ0v) is 17.6. The van der Waals surface area contributed by atoms with Gasteiger partial charge in [-0.2, -0.15) is 5.26 Å². The highest BCUT2D eigenvalue weighted by Gasteiger charge is 2.23. The van der Waals surface area contributed by atoms with E-state index in [4.69, 9.17) is 9.68 Å². The molecule has 1 aromatic heterocycles. The van der Waals surface area contributed by atoms with E-state index in [1.54, 1.807) is 30.5 Å². The number of nitrogens with zero attached hydrogens (tertiary/aromatic N) is 2. The summed E-state index contributed by atoms with van der Waals surface area (Å²) < 4.78 is 5.46. The second kappa shape index (κ2) is 9.94. The molecule has 1 aliphatic rings. The number of carbonyl (C=O) groups excluding carboxylic acids is 2. The number of hydrogen-bond acceptors (Lipinski definition) is 5. The molecule has 0 spiro atoms. The standard InChI is InChI=1S/C25H24N4O3/c26-14-19-3-1-4-22(13-19)27-24(30)17-29(16-23-5-2-12-32-23)15-18-6-8-20(9-7-18)25(31)28-21-10-11-21/h1-9,12-13,21H,10-11,15-17H2,(H,27,30)(H,28,31). The van der Waals surface area contributed by atoms with Crippen molar-refractivity contribution in [3.05, 3.63) is 89.4 Å². The van der Waals surface area contributed by atoms with Crippen LogP contribution in [0.1, 0.15) is 40.1 Å². The lowest BCUT2D eigenvalue weighted by Crippen LogP contribution is -2.32. The van der Waals surface area contributed by atoms with Gasteiger partial charge in [-0.3, -0.25) is 14.5 Å². The van der Waals surface area contributed by atoms with Gasteiger partial charge in [0.25, 0.3) is 5.91 Å². The van der Waals surface area contributed by atoms with Gasteiger partial charge < -0.3 is 15.1 Å². The van der Waals surface area contributed by atoms with Crippen molar-refractivity contribution in [3.8, 4) is 6.07 Å². The van der Waals surface area contributed by atoms with Crippen LogP contribution in [0.5, 0.6) is 0 Å². The van der Waals surface area contributed by atoms with Gasteiger partial charge in [0, 0.05) is 23.8 Å². The van der Waals surface area contributed by atoms with Gasteiger partial charge >= 0.3 is 0 Å². The molecule has 3 aromatic rings. The second-order valence-corrected chi connectivity index (χ2v) is 7.91. The molecule has 1 fully saturated rings. The SMILES string of the molecule is N#Cc1cccc(NC(=O)CN(Cc2ccc(C(=O)NC3CC3)cc2)Cc2ccco2)c1. The van der Waals surface area contributed by atoms with Crippen molar-refractivity contribution in [1.82, 2.24) is 10.2 Å². The van der Waals surface area contributed by atoms with Crippen LogP contribution >= 0.6 is 0 Å². The van der Waals surface area contributed by atoms with E-state index in [0.717, 1.165) is 24.2 Å². The van der Waals surface area contributed by atoms with Crippen LogP contribution in [0.4, 0.5) is 5.69 Å². The number of nitrogens with one attached hydrogen (secondary N) is 2. The zero-order valence-electron chi connectivity index (χ0n) is 17.6. The second-order valence-electron chi connectivity index (χ2n) is 7.91. The smallest absolute Gasteiger partial charge is 0.251 e. The largest absolute Gasteiger partial charge is 0.468 e. The molecular formula is C25H24N4O3. The summed E-state index contributed by atoms with van der Waals surface area (Å²) in [6.45, 7) is 1.11. The van der Waals surface area contributed by atoms with Crippen molar-refractivity contribution in [1.29, 1.82) is 5.26 Å². The Bertz CT molecular complexity index is 1110. The van der Waals surface area contributed by atoms with E-state index in [9.17, 15) is 9.59 Å². The molecular weight excluding hydrogens is 404 g/mol. The molecule has 0 unspecified atom stereocenters. The lowest BCUT2D eigenvalue weighted by atomic mass is 10.1. The third-order valence-corrected chi connectivity index (χ3v) is 5.14. The fraction of sp³-hybridized carbons (Fsp3) is 0.240. The first-order chi connectivity index (χ1) is 15.6. The van der Waals surface area contributed by atoms with Crippen LogP contribution in [0.15, 0.2) is 71.3 Å². The molecule has 0 bridgehead atoms. The van der Waals surface area contributed by atoms with Gasteiger partial charge in [-0.25, -0.2) is 0 Å². The van der Waals surface area contributed by atoms with E-state index in [0.29, 0.717) is 35.9 Å². The number of nitriles is 1. The normalized spacial score (nSPS) is 12.9. The molecule has 162 valence electrons. The molecule has 7 heteroatoms. The number of benzene rings is 2. The third-order valence-electron chi connectivity index (χ3n) is 5.14. The highest BCUT2D eigenvalue weighted by molar-refractivity contribution is 5.94. The van der Waals surface area contributed by atoms with Crippen molar-refractivity contribution >= 4 is 17.5 Å². The van der Waals surface area contributed by atoms with E-state index in [1.165, 1.54) is 0 Å². The Morgan fingerprint density at radius 2 is 1.88 bits per heavy atom. The summed E-state index contributed by atoms with van der Waals surface area (Å²) in [5, 5.41) is 14.9. The molecule has 4 rings (SSSR count). The topological polar surface area (TPSA) is 98.4 Å². The van der Waals surface area contributed by atoms with Crippen molar-refractivity contribution in [2.75, 3.05) is 11.9 Å². The van der Waals surface area contributed by atoms with E-state index in [1.807, 2.05) is 41.3 Å². The highest BCUT2D eigenvalue weighted by atomic mass is 16.3. The molecule has 0 radical (unpaired) electrons.